The fraction of sp³-hybridized carbons (Fsp3) is 1.00. The first-order chi connectivity index (χ1) is 12.2. The predicted octanol–water partition coefficient (Wildman–Crippen LogP) is -5.96. The van der Waals surface area contributed by atoms with Crippen molar-refractivity contribution in [3.63, 3.8) is 0 Å². The van der Waals surface area contributed by atoms with Crippen molar-refractivity contribution in [2.75, 3.05) is 19.8 Å². The van der Waals surface area contributed by atoms with Crippen LogP contribution in [0.25, 0.3) is 0 Å². The number of aliphatic hydroxyl groups excluding tert-OH is 7. The molecule has 152 valence electrons. The molecule has 0 radical (unpaired) electrons. The lowest BCUT2D eigenvalue weighted by Crippen LogP contribution is -2.63. The summed E-state index contributed by atoms with van der Waals surface area (Å²) in [6.07, 6.45) is -13.2. The Labute approximate surface area is 148 Å². The smallest absolute Gasteiger partial charge is 0.511 e. The molecular weight excluding hydrogens is 380 g/mol. The second-order valence-electron chi connectivity index (χ2n) is 5.92. The molecule has 0 aromatic rings. The van der Waals surface area contributed by atoms with Crippen molar-refractivity contribution >= 4 is 9.17 Å². The van der Waals surface area contributed by atoms with Gasteiger partial charge in [-0.15, -0.1) is 0 Å². The monoisotopic (exact) mass is 402 g/mol. The normalized spacial score (nSPS) is 46.3. The maximum Gasteiger partial charge on any atom is 0.765 e. The highest BCUT2D eigenvalue weighted by molar-refractivity contribution is 6.24. The average molecular weight is 402 g/mol. The van der Waals surface area contributed by atoms with Gasteiger partial charge in [-0.05, 0) is 0 Å². The van der Waals surface area contributed by atoms with Gasteiger partial charge in [0.05, 0.1) is 13.2 Å². The van der Waals surface area contributed by atoms with Gasteiger partial charge < -0.3 is 59.2 Å². The van der Waals surface area contributed by atoms with E-state index in [0.29, 0.717) is 0 Å². The van der Waals surface area contributed by atoms with E-state index < -0.39 is 83.8 Å². The van der Waals surface area contributed by atoms with Crippen LogP contribution in [0.5, 0.6) is 0 Å². The van der Waals surface area contributed by atoms with E-state index in [1.807, 2.05) is 0 Å². The Morgan fingerprint density at radius 2 is 1.54 bits per heavy atom. The van der Waals surface area contributed by atoms with Gasteiger partial charge in [0, 0.05) is 0 Å². The summed E-state index contributed by atoms with van der Waals surface area (Å²) >= 11 is 0. The lowest BCUT2D eigenvalue weighted by molar-refractivity contribution is -0.382. The van der Waals surface area contributed by atoms with Gasteiger partial charge >= 0.3 is 9.17 Å². The lowest BCUT2D eigenvalue weighted by atomic mass is 9.99. The maximum atomic E-state index is 11.1. The SMILES string of the molecule is O=[Si](O)O[C@H]1[C@H](O)[C@@H](CO)O[C@@]1(CO)O[C@H]1O[C@H](CO)[C@@H](O)[C@H](O)[C@H]1O. The molecule has 0 aromatic carbocycles. The Kier molecular flexibility index (Phi) is 7.02. The summed E-state index contributed by atoms with van der Waals surface area (Å²) < 4.78 is 31.4. The van der Waals surface area contributed by atoms with E-state index in [9.17, 15) is 40.2 Å². The maximum absolute atomic E-state index is 11.1. The molecule has 2 rings (SSSR count). The highest BCUT2D eigenvalue weighted by atomic mass is 28.3. The molecule has 9 atom stereocenters. The number of aliphatic hydroxyl groups is 7. The Morgan fingerprint density at radius 1 is 0.923 bits per heavy atom. The van der Waals surface area contributed by atoms with Crippen LogP contribution in [0.4, 0.5) is 0 Å². The van der Waals surface area contributed by atoms with Crippen molar-refractivity contribution in [2.45, 2.75) is 54.8 Å². The van der Waals surface area contributed by atoms with E-state index >= 15 is 0 Å². The predicted molar refractivity (Wildman–Crippen MR) is 76.2 cm³/mol. The standard InChI is InChI=1S/C12H22O13Si/c13-1-4-6(16)8(18)9(19)11(22-4)24-12(3-15)10(25-26(20)21)7(17)5(2-14)23-12/h4-11,13-20H,1-3H2/t4-,5-,6-,7-,8+,9-,10+,11-,12+/m1/s1. The summed E-state index contributed by atoms with van der Waals surface area (Å²) in [6.45, 7) is -2.56. The van der Waals surface area contributed by atoms with Crippen LogP contribution in [0.15, 0.2) is 0 Å². The molecule has 0 saturated carbocycles. The molecule has 0 aromatic heterocycles. The van der Waals surface area contributed by atoms with Crippen LogP contribution in [-0.4, -0.2) is 124 Å². The third-order valence-electron chi connectivity index (χ3n) is 4.27. The molecule has 8 N–H and O–H groups in total. The van der Waals surface area contributed by atoms with Gasteiger partial charge in [-0.1, -0.05) is 0 Å². The summed E-state index contributed by atoms with van der Waals surface area (Å²) in [4.78, 5) is 9.00. The van der Waals surface area contributed by atoms with E-state index in [0.717, 1.165) is 0 Å². The Balaban J connectivity index is 2.28. The van der Waals surface area contributed by atoms with Crippen molar-refractivity contribution in [1.82, 2.24) is 0 Å². The second-order valence-corrected chi connectivity index (χ2v) is 6.69. The molecular formula is C12H22O13Si. The minimum atomic E-state index is -3.64. The minimum Gasteiger partial charge on any atom is -0.511 e. The van der Waals surface area contributed by atoms with Crippen molar-refractivity contribution < 1.29 is 63.6 Å². The van der Waals surface area contributed by atoms with Crippen molar-refractivity contribution in [1.29, 1.82) is 0 Å². The minimum absolute atomic E-state index is 0.746. The van der Waals surface area contributed by atoms with Gasteiger partial charge in [-0.3, -0.25) is 4.46 Å². The number of rotatable bonds is 7. The van der Waals surface area contributed by atoms with Crippen molar-refractivity contribution in [2.24, 2.45) is 0 Å². The van der Waals surface area contributed by atoms with Gasteiger partial charge in [-0.25, -0.2) is 0 Å². The lowest BCUT2D eigenvalue weighted by Gasteiger charge is -2.43. The van der Waals surface area contributed by atoms with Crippen LogP contribution in [0.2, 0.25) is 0 Å². The van der Waals surface area contributed by atoms with E-state index in [1.165, 1.54) is 0 Å². The zero-order valence-electron chi connectivity index (χ0n) is 13.4. The largest absolute Gasteiger partial charge is 0.765 e. The first kappa shape index (κ1) is 21.5. The molecule has 0 amide bonds. The fourth-order valence-corrected chi connectivity index (χ4v) is 3.42. The van der Waals surface area contributed by atoms with Crippen LogP contribution in [0.3, 0.4) is 0 Å². The summed E-state index contributed by atoms with van der Waals surface area (Å²) in [5.41, 5.74) is 0. The summed E-state index contributed by atoms with van der Waals surface area (Å²) in [7, 11) is -3.64. The van der Waals surface area contributed by atoms with Crippen LogP contribution in [0, 0.1) is 0 Å². The van der Waals surface area contributed by atoms with Crippen LogP contribution < -0.4 is 0 Å². The molecule has 2 heterocycles. The molecule has 0 spiro atoms. The molecule has 26 heavy (non-hydrogen) atoms. The first-order valence-electron chi connectivity index (χ1n) is 7.66. The van der Waals surface area contributed by atoms with Gasteiger partial charge in [0.25, 0.3) is 0 Å². The molecule has 2 saturated heterocycles. The van der Waals surface area contributed by atoms with Crippen LogP contribution in [0.1, 0.15) is 0 Å². The molecule has 13 nitrogen and oxygen atoms in total. The van der Waals surface area contributed by atoms with Gasteiger partial charge in [0.2, 0.25) is 5.79 Å². The van der Waals surface area contributed by atoms with Crippen LogP contribution >= 0.6 is 0 Å². The Morgan fingerprint density at radius 3 is 2.04 bits per heavy atom. The zero-order chi connectivity index (χ0) is 19.6. The van der Waals surface area contributed by atoms with E-state index in [2.05, 4.69) is 4.43 Å². The summed E-state index contributed by atoms with van der Waals surface area (Å²) in [5, 5.41) is 67.7. The second kappa shape index (κ2) is 8.49. The Hall–Kier alpha value is -0.783. The van der Waals surface area contributed by atoms with E-state index in [4.69, 9.17) is 19.0 Å². The molecule has 2 fully saturated rings. The average Bonchev–Trinajstić information content (AvgIpc) is 2.87. The Bertz CT molecular complexity index is 492. The topological polar surface area (TPSA) is 216 Å². The number of hydrogen-bond donors (Lipinski definition) is 8. The fourth-order valence-electron chi connectivity index (χ4n) is 2.88. The van der Waals surface area contributed by atoms with E-state index in [-0.39, 0.29) is 0 Å². The molecule has 0 unspecified atom stereocenters. The quantitative estimate of drug-likeness (QED) is 0.186. The highest BCUT2D eigenvalue weighted by Crippen LogP contribution is 2.37. The third-order valence-corrected chi connectivity index (χ3v) is 4.72. The molecule has 2 aliphatic heterocycles. The number of ether oxygens (including phenoxy) is 3. The summed E-state index contributed by atoms with van der Waals surface area (Å²) in [6, 6.07) is 0. The highest BCUT2D eigenvalue weighted by Gasteiger charge is 2.60. The van der Waals surface area contributed by atoms with Gasteiger partial charge in [0.15, 0.2) is 12.4 Å². The van der Waals surface area contributed by atoms with Gasteiger partial charge in [-0.2, -0.15) is 0 Å². The van der Waals surface area contributed by atoms with Crippen molar-refractivity contribution in [3.05, 3.63) is 0 Å². The molecule has 14 heteroatoms. The van der Waals surface area contributed by atoms with Crippen molar-refractivity contribution in [3.8, 4) is 0 Å². The summed E-state index contributed by atoms with van der Waals surface area (Å²) in [5.74, 6) is -2.34. The van der Waals surface area contributed by atoms with Gasteiger partial charge in [0.1, 0.15) is 43.2 Å². The zero-order valence-corrected chi connectivity index (χ0v) is 14.4. The van der Waals surface area contributed by atoms with E-state index in [1.54, 1.807) is 0 Å². The first-order valence-corrected chi connectivity index (χ1v) is 8.92. The molecule has 0 aliphatic carbocycles. The number of hydrogen-bond acceptors (Lipinski definition) is 12. The molecule has 0 bridgehead atoms. The third kappa shape index (κ3) is 3.90. The molecule has 2 aliphatic rings. The van der Waals surface area contributed by atoms with Crippen LogP contribution in [-0.2, 0) is 23.1 Å².